The van der Waals surface area contributed by atoms with E-state index in [0.717, 1.165) is 64.2 Å². The van der Waals surface area contributed by atoms with E-state index < -0.39 is 0 Å². The second-order valence-electron chi connectivity index (χ2n) is 5.60. The van der Waals surface area contributed by atoms with Gasteiger partial charge in [0.15, 0.2) is 6.29 Å². The van der Waals surface area contributed by atoms with Gasteiger partial charge in [-0.05, 0) is 25.7 Å². The van der Waals surface area contributed by atoms with Gasteiger partial charge < -0.3 is 9.47 Å². The van der Waals surface area contributed by atoms with Gasteiger partial charge in [-0.2, -0.15) is 5.26 Å². The molecular formula is C20H31NO2. The van der Waals surface area contributed by atoms with Crippen LogP contribution < -0.4 is 0 Å². The first kappa shape index (κ1) is 21.5. The summed E-state index contributed by atoms with van der Waals surface area (Å²) in [7, 11) is 0. The summed E-state index contributed by atoms with van der Waals surface area (Å²) in [6.07, 6.45) is 21.8. The molecule has 0 aromatic carbocycles. The van der Waals surface area contributed by atoms with Crippen molar-refractivity contribution in [3.05, 3.63) is 0 Å². The Hall–Kier alpha value is -1.47. The van der Waals surface area contributed by atoms with Crippen molar-refractivity contribution < 1.29 is 9.47 Å². The highest BCUT2D eigenvalue weighted by molar-refractivity contribution is 4.83. The molecule has 0 radical (unpaired) electrons. The molecule has 0 saturated carbocycles. The standard InChI is InChI=1S/C20H31NO2/c1-3-5-7-9-11-13-18-22-20(16-15-17-21)23-19-14-12-10-8-6-4-2/h1-2,20H,5-16,18-19H2. The van der Waals surface area contributed by atoms with Gasteiger partial charge in [-0.15, -0.1) is 24.7 Å². The summed E-state index contributed by atoms with van der Waals surface area (Å²) in [6.45, 7) is 1.38. The van der Waals surface area contributed by atoms with Crippen molar-refractivity contribution in [2.24, 2.45) is 0 Å². The predicted octanol–water partition coefficient (Wildman–Crippen LogP) is 4.82. The van der Waals surface area contributed by atoms with E-state index in [0.29, 0.717) is 26.1 Å². The van der Waals surface area contributed by atoms with Crippen molar-refractivity contribution in [2.45, 2.75) is 83.3 Å². The average molecular weight is 317 g/mol. The molecule has 0 atom stereocenters. The van der Waals surface area contributed by atoms with Crippen LogP contribution >= 0.6 is 0 Å². The molecule has 0 aliphatic heterocycles. The quantitative estimate of drug-likeness (QED) is 0.233. The van der Waals surface area contributed by atoms with E-state index in [9.17, 15) is 0 Å². The molecule has 0 heterocycles. The number of hydrogen-bond acceptors (Lipinski definition) is 3. The lowest BCUT2D eigenvalue weighted by molar-refractivity contribution is -0.146. The second kappa shape index (κ2) is 18.6. The van der Waals surface area contributed by atoms with Gasteiger partial charge in [0.1, 0.15) is 0 Å². The van der Waals surface area contributed by atoms with Crippen LogP contribution in [0.5, 0.6) is 0 Å². The number of hydrogen-bond donors (Lipinski definition) is 0. The Bertz CT molecular complexity index is 345. The number of ether oxygens (including phenoxy) is 2. The molecule has 23 heavy (non-hydrogen) atoms. The maximum absolute atomic E-state index is 8.71. The molecule has 0 aliphatic rings. The molecule has 0 amide bonds. The Balaban J connectivity index is 3.62. The molecular weight excluding hydrogens is 286 g/mol. The van der Waals surface area contributed by atoms with E-state index in [1.807, 2.05) is 0 Å². The van der Waals surface area contributed by atoms with Crippen LogP contribution in [0.4, 0.5) is 0 Å². The second-order valence-corrected chi connectivity index (χ2v) is 5.60. The van der Waals surface area contributed by atoms with Crippen LogP contribution in [-0.2, 0) is 9.47 Å². The number of nitrogens with zero attached hydrogens (tertiary/aromatic N) is 1. The normalized spacial score (nSPS) is 10.2. The highest BCUT2D eigenvalue weighted by Gasteiger charge is 2.08. The van der Waals surface area contributed by atoms with Gasteiger partial charge >= 0.3 is 0 Å². The third-order valence-corrected chi connectivity index (χ3v) is 3.53. The van der Waals surface area contributed by atoms with E-state index in [2.05, 4.69) is 17.9 Å². The zero-order chi connectivity index (χ0) is 17.0. The summed E-state index contributed by atoms with van der Waals surface area (Å²) in [5.41, 5.74) is 0. The third kappa shape index (κ3) is 16.7. The van der Waals surface area contributed by atoms with E-state index in [-0.39, 0.29) is 6.29 Å². The zero-order valence-electron chi connectivity index (χ0n) is 14.4. The number of rotatable bonds is 16. The lowest BCUT2D eigenvalue weighted by Crippen LogP contribution is -2.18. The lowest BCUT2D eigenvalue weighted by atomic mass is 10.1. The smallest absolute Gasteiger partial charge is 0.158 e. The van der Waals surface area contributed by atoms with E-state index in [1.165, 1.54) is 0 Å². The molecule has 0 bridgehead atoms. The fraction of sp³-hybridized carbons (Fsp3) is 0.750. The molecule has 0 aromatic heterocycles. The largest absolute Gasteiger partial charge is 0.353 e. The van der Waals surface area contributed by atoms with Crippen molar-refractivity contribution >= 4 is 0 Å². The molecule has 128 valence electrons. The van der Waals surface area contributed by atoms with Crippen molar-refractivity contribution in [3.8, 4) is 30.8 Å². The maximum atomic E-state index is 8.71. The third-order valence-electron chi connectivity index (χ3n) is 3.53. The lowest BCUT2D eigenvalue weighted by Gasteiger charge is -2.17. The minimum absolute atomic E-state index is 0.244. The predicted molar refractivity (Wildman–Crippen MR) is 94.4 cm³/mol. The van der Waals surface area contributed by atoms with Crippen LogP contribution in [-0.4, -0.2) is 19.5 Å². The van der Waals surface area contributed by atoms with Gasteiger partial charge in [0.2, 0.25) is 0 Å². The van der Waals surface area contributed by atoms with E-state index >= 15 is 0 Å². The summed E-state index contributed by atoms with van der Waals surface area (Å²) >= 11 is 0. The summed E-state index contributed by atoms with van der Waals surface area (Å²) in [6, 6.07) is 2.15. The highest BCUT2D eigenvalue weighted by atomic mass is 16.7. The molecule has 3 heteroatoms. The van der Waals surface area contributed by atoms with Gasteiger partial charge in [-0.3, -0.25) is 0 Å². The van der Waals surface area contributed by atoms with Crippen LogP contribution in [0.1, 0.15) is 77.0 Å². The van der Waals surface area contributed by atoms with Crippen molar-refractivity contribution in [3.63, 3.8) is 0 Å². The van der Waals surface area contributed by atoms with Gasteiger partial charge in [0.25, 0.3) is 0 Å². The first-order valence-corrected chi connectivity index (χ1v) is 8.82. The Morgan fingerprint density at radius 1 is 0.696 bits per heavy atom. The van der Waals surface area contributed by atoms with Gasteiger partial charge in [0, 0.05) is 38.9 Å². The van der Waals surface area contributed by atoms with Crippen LogP contribution in [0.2, 0.25) is 0 Å². The molecule has 0 saturated heterocycles. The topological polar surface area (TPSA) is 42.2 Å². The molecule has 0 fully saturated rings. The summed E-state index contributed by atoms with van der Waals surface area (Å²) in [4.78, 5) is 0. The molecule has 0 rings (SSSR count). The molecule has 0 spiro atoms. The van der Waals surface area contributed by atoms with Gasteiger partial charge in [-0.1, -0.05) is 25.7 Å². The SMILES string of the molecule is C#CCCCCCCOC(CCC#N)OCCCCCCC#C. The molecule has 3 nitrogen and oxygen atoms in total. The van der Waals surface area contributed by atoms with Crippen molar-refractivity contribution in [1.82, 2.24) is 0 Å². The van der Waals surface area contributed by atoms with Crippen LogP contribution in [0, 0.1) is 36.0 Å². The molecule has 0 N–H and O–H groups in total. The Morgan fingerprint density at radius 2 is 1.17 bits per heavy atom. The first-order chi connectivity index (χ1) is 11.3. The number of unbranched alkanes of at least 4 members (excludes halogenated alkanes) is 8. The average Bonchev–Trinajstić information content (AvgIpc) is 2.57. The highest BCUT2D eigenvalue weighted by Crippen LogP contribution is 2.10. The molecule has 0 unspecified atom stereocenters. The first-order valence-electron chi connectivity index (χ1n) is 8.82. The van der Waals surface area contributed by atoms with Crippen molar-refractivity contribution in [2.75, 3.05) is 13.2 Å². The summed E-state index contributed by atoms with van der Waals surface area (Å²) < 4.78 is 11.5. The Labute approximate surface area is 142 Å². The van der Waals surface area contributed by atoms with Crippen LogP contribution in [0.15, 0.2) is 0 Å². The molecule has 0 aliphatic carbocycles. The van der Waals surface area contributed by atoms with Gasteiger partial charge in [0.05, 0.1) is 6.07 Å². The number of nitriles is 1. The summed E-state index contributed by atoms with van der Waals surface area (Å²) in [5, 5.41) is 8.71. The van der Waals surface area contributed by atoms with Crippen LogP contribution in [0.3, 0.4) is 0 Å². The van der Waals surface area contributed by atoms with E-state index in [1.54, 1.807) is 0 Å². The van der Waals surface area contributed by atoms with E-state index in [4.69, 9.17) is 27.6 Å². The zero-order valence-corrected chi connectivity index (χ0v) is 14.4. The monoisotopic (exact) mass is 317 g/mol. The fourth-order valence-corrected chi connectivity index (χ4v) is 2.19. The fourth-order valence-electron chi connectivity index (χ4n) is 2.19. The number of terminal acetylenes is 2. The van der Waals surface area contributed by atoms with Gasteiger partial charge in [-0.25, -0.2) is 0 Å². The maximum Gasteiger partial charge on any atom is 0.158 e. The Kier molecular flexibility index (Phi) is 17.4. The van der Waals surface area contributed by atoms with Crippen LogP contribution in [0.25, 0.3) is 0 Å². The molecule has 0 aromatic rings. The Morgan fingerprint density at radius 3 is 1.61 bits per heavy atom. The minimum atomic E-state index is -0.244. The minimum Gasteiger partial charge on any atom is -0.353 e. The summed E-state index contributed by atoms with van der Waals surface area (Å²) in [5.74, 6) is 5.31. The van der Waals surface area contributed by atoms with Crippen molar-refractivity contribution in [1.29, 1.82) is 5.26 Å².